The molecule has 20 heavy (non-hydrogen) atoms. The number of amides is 1. The van der Waals surface area contributed by atoms with Gasteiger partial charge in [0.05, 0.1) is 5.56 Å². The van der Waals surface area contributed by atoms with Crippen LogP contribution in [0.25, 0.3) is 0 Å². The number of benzene rings is 1. The third-order valence-corrected chi connectivity index (χ3v) is 2.91. The average molecular weight is 273 g/mol. The van der Waals surface area contributed by atoms with Crippen LogP contribution in [0.5, 0.6) is 0 Å². The second-order valence-corrected chi connectivity index (χ2v) is 4.43. The molecule has 0 fully saturated rings. The standard InChI is InChI=1S/C16H19NO3/c1-4-6-7-15(18)17(10-5-2)14-9-8-13(16(19)20)11-12(14)3/h4-5,8-9,11H,1-2,6-7,10H2,3H3,(H,19,20). The first kappa shape index (κ1) is 15.7. The molecule has 1 N–H and O–H groups in total. The van der Waals surface area contributed by atoms with Gasteiger partial charge in [0.15, 0.2) is 0 Å². The summed E-state index contributed by atoms with van der Waals surface area (Å²) in [7, 11) is 0. The molecular formula is C16H19NO3. The fourth-order valence-corrected chi connectivity index (χ4v) is 1.92. The number of anilines is 1. The molecule has 0 bridgehead atoms. The Morgan fingerprint density at radius 1 is 1.30 bits per heavy atom. The molecular weight excluding hydrogens is 254 g/mol. The molecule has 0 aliphatic carbocycles. The lowest BCUT2D eigenvalue weighted by atomic mass is 10.1. The molecule has 1 aromatic carbocycles. The number of aryl methyl sites for hydroxylation is 1. The second-order valence-electron chi connectivity index (χ2n) is 4.43. The van der Waals surface area contributed by atoms with Crippen molar-refractivity contribution in [3.63, 3.8) is 0 Å². The van der Waals surface area contributed by atoms with E-state index in [1.165, 1.54) is 6.07 Å². The Hall–Kier alpha value is -2.36. The maximum absolute atomic E-state index is 12.2. The Morgan fingerprint density at radius 3 is 2.50 bits per heavy atom. The second kappa shape index (κ2) is 7.28. The van der Waals surface area contributed by atoms with E-state index in [1.807, 2.05) is 0 Å². The van der Waals surface area contributed by atoms with Gasteiger partial charge in [-0.25, -0.2) is 4.79 Å². The van der Waals surface area contributed by atoms with Gasteiger partial charge in [-0.3, -0.25) is 4.79 Å². The van der Waals surface area contributed by atoms with E-state index in [2.05, 4.69) is 13.2 Å². The van der Waals surface area contributed by atoms with E-state index in [0.29, 0.717) is 25.1 Å². The van der Waals surface area contributed by atoms with Crippen molar-refractivity contribution < 1.29 is 14.7 Å². The van der Waals surface area contributed by atoms with Gasteiger partial charge in [0.25, 0.3) is 0 Å². The van der Waals surface area contributed by atoms with Crippen LogP contribution in [0.1, 0.15) is 28.8 Å². The fraction of sp³-hybridized carbons (Fsp3) is 0.250. The summed E-state index contributed by atoms with van der Waals surface area (Å²) in [6.07, 6.45) is 4.33. The van der Waals surface area contributed by atoms with Crippen LogP contribution in [0.4, 0.5) is 5.69 Å². The molecule has 0 heterocycles. The smallest absolute Gasteiger partial charge is 0.335 e. The first-order chi connectivity index (χ1) is 9.51. The lowest BCUT2D eigenvalue weighted by Crippen LogP contribution is -2.31. The highest BCUT2D eigenvalue weighted by atomic mass is 16.4. The highest BCUT2D eigenvalue weighted by molar-refractivity contribution is 5.95. The van der Waals surface area contributed by atoms with E-state index in [-0.39, 0.29) is 11.5 Å². The van der Waals surface area contributed by atoms with Crippen molar-refractivity contribution in [2.45, 2.75) is 19.8 Å². The van der Waals surface area contributed by atoms with Gasteiger partial charge in [0.1, 0.15) is 0 Å². The lowest BCUT2D eigenvalue weighted by molar-refractivity contribution is -0.118. The van der Waals surface area contributed by atoms with Crippen molar-refractivity contribution in [3.05, 3.63) is 54.6 Å². The molecule has 4 nitrogen and oxygen atoms in total. The van der Waals surface area contributed by atoms with Crippen LogP contribution in [0, 0.1) is 6.92 Å². The summed E-state index contributed by atoms with van der Waals surface area (Å²) < 4.78 is 0. The zero-order chi connectivity index (χ0) is 15.1. The molecule has 1 rings (SSSR count). The summed E-state index contributed by atoms with van der Waals surface area (Å²) >= 11 is 0. The van der Waals surface area contributed by atoms with Crippen molar-refractivity contribution in [1.29, 1.82) is 0 Å². The molecule has 0 aromatic heterocycles. The highest BCUT2D eigenvalue weighted by Gasteiger charge is 2.16. The number of carboxylic acid groups (broad SMARTS) is 1. The maximum atomic E-state index is 12.2. The molecule has 1 aromatic rings. The first-order valence-electron chi connectivity index (χ1n) is 6.37. The van der Waals surface area contributed by atoms with Crippen molar-refractivity contribution in [1.82, 2.24) is 0 Å². The number of nitrogens with zero attached hydrogens (tertiary/aromatic N) is 1. The number of hydrogen-bond donors (Lipinski definition) is 1. The average Bonchev–Trinajstić information content (AvgIpc) is 2.42. The predicted molar refractivity (Wildman–Crippen MR) is 80.1 cm³/mol. The van der Waals surface area contributed by atoms with Gasteiger partial charge in [-0.1, -0.05) is 12.2 Å². The van der Waals surface area contributed by atoms with Crippen LogP contribution < -0.4 is 4.90 Å². The lowest BCUT2D eigenvalue weighted by Gasteiger charge is -2.23. The predicted octanol–water partition coefficient (Wildman–Crippen LogP) is 3.18. The number of carboxylic acids is 1. The number of rotatable bonds is 7. The van der Waals surface area contributed by atoms with Crippen molar-refractivity contribution in [2.75, 3.05) is 11.4 Å². The topological polar surface area (TPSA) is 57.6 Å². The molecule has 0 aliphatic rings. The Morgan fingerprint density at radius 2 is 2.00 bits per heavy atom. The molecule has 0 spiro atoms. The SMILES string of the molecule is C=CCCC(=O)N(CC=C)c1ccc(C(=O)O)cc1C. The summed E-state index contributed by atoms with van der Waals surface area (Å²) in [6.45, 7) is 9.44. The third-order valence-electron chi connectivity index (χ3n) is 2.91. The van der Waals surface area contributed by atoms with E-state index in [1.54, 1.807) is 36.1 Å². The number of hydrogen-bond acceptors (Lipinski definition) is 2. The number of carbonyl (C=O) groups excluding carboxylic acids is 1. The summed E-state index contributed by atoms with van der Waals surface area (Å²) in [5.41, 5.74) is 1.67. The number of allylic oxidation sites excluding steroid dienone is 1. The Labute approximate surface area is 119 Å². The summed E-state index contributed by atoms with van der Waals surface area (Å²) in [4.78, 5) is 24.7. The molecule has 4 heteroatoms. The van der Waals surface area contributed by atoms with E-state index < -0.39 is 5.97 Å². The molecule has 0 saturated carbocycles. The minimum Gasteiger partial charge on any atom is -0.478 e. The van der Waals surface area contributed by atoms with E-state index in [0.717, 1.165) is 5.56 Å². The molecule has 0 aliphatic heterocycles. The normalized spacial score (nSPS) is 9.85. The van der Waals surface area contributed by atoms with Crippen LogP contribution in [0.15, 0.2) is 43.5 Å². The van der Waals surface area contributed by atoms with Crippen molar-refractivity contribution in [2.24, 2.45) is 0 Å². The van der Waals surface area contributed by atoms with Crippen LogP contribution in [-0.4, -0.2) is 23.5 Å². The zero-order valence-corrected chi connectivity index (χ0v) is 11.6. The van der Waals surface area contributed by atoms with E-state index in [9.17, 15) is 9.59 Å². The molecule has 0 unspecified atom stereocenters. The van der Waals surface area contributed by atoms with Crippen LogP contribution in [0.2, 0.25) is 0 Å². The van der Waals surface area contributed by atoms with Gasteiger partial charge >= 0.3 is 5.97 Å². The molecule has 0 radical (unpaired) electrons. The largest absolute Gasteiger partial charge is 0.478 e. The van der Waals surface area contributed by atoms with Crippen molar-refractivity contribution in [3.8, 4) is 0 Å². The van der Waals surface area contributed by atoms with Crippen LogP contribution in [-0.2, 0) is 4.79 Å². The number of aromatic carboxylic acids is 1. The summed E-state index contributed by atoms with van der Waals surface area (Å²) in [5, 5.41) is 8.96. The van der Waals surface area contributed by atoms with Crippen molar-refractivity contribution >= 4 is 17.6 Å². The Kier molecular flexibility index (Phi) is 5.72. The van der Waals surface area contributed by atoms with Gasteiger partial charge in [0.2, 0.25) is 5.91 Å². The van der Waals surface area contributed by atoms with Gasteiger partial charge in [0, 0.05) is 18.7 Å². The maximum Gasteiger partial charge on any atom is 0.335 e. The van der Waals surface area contributed by atoms with Crippen LogP contribution in [0.3, 0.4) is 0 Å². The summed E-state index contributed by atoms with van der Waals surface area (Å²) in [6, 6.07) is 4.73. The van der Waals surface area contributed by atoms with Gasteiger partial charge in [-0.2, -0.15) is 0 Å². The van der Waals surface area contributed by atoms with Gasteiger partial charge in [-0.15, -0.1) is 13.2 Å². The minimum atomic E-state index is -0.979. The van der Waals surface area contributed by atoms with E-state index >= 15 is 0 Å². The van der Waals surface area contributed by atoms with Gasteiger partial charge < -0.3 is 10.0 Å². The zero-order valence-electron chi connectivity index (χ0n) is 11.6. The molecule has 0 atom stereocenters. The summed E-state index contributed by atoms with van der Waals surface area (Å²) in [5.74, 6) is -1.01. The first-order valence-corrected chi connectivity index (χ1v) is 6.37. The van der Waals surface area contributed by atoms with E-state index in [4.69, 9.17) is 5.11 Å². The molecule has 1 amide bonds. The monoisotopic (exact) mass is 273 g/mol. The Balaban J connectivity index is 3.08. The quantitative estimate of drug-likeness (QED) is 0.776. The van der Waals surface area contributed by atoms with Crippen LogP contribution >= 0.6 is 0 Å². The van der Waals surface area contributed by atoms with Gasteiger partial charge in [-0.05, 0) is 37.1 Å². The number of carbonyl (C=O) groups is 2. The minimum absolute atomic E-state index is 0.0315. The fourth-order valence-electron chi connectivity index (χ4n) is 1.92. The Bertz CT molecular complexity index is 535. The molecule has 0 saturated heterocycles. The highest BCUT2D eigenvalue weighted by Crippen LogP contribution is 2.22. The molecule has 106 valence electrons. The third kappa shape index (κ3) is 3.82.